The highest BCUT2D eigenvalue weighted by Gasteiger charge is 2.32. The Labute approximate surface area is 163 Å². The Balaban J connectivity index is 1.36. The van der Waals surface area contributed by atoms with Crippen LogP contribution in [0.2, 0.25) is 0 Å². The molecule has 4 rings (SSSR count). The number of para-hydroxylation sites is 1. The van der Waals surface area contributed by atoms with Crippen molar-refractivity contribution in [2.24, 2.45) is 5.41 Å². The molecular formula is C21H24N4O3. The molecule has 0 radical (unpaired) electrons. The second-order valence-electron chi connectivity index (χ2n) is 7.73. The average Bonchev–Trinajstić information content (AvgIpc) is 3.31. The first-order valence-electron chi connectivity index (χ1n) is 9.40. The Morgan fingerprint density at radius 1 is 1.36 bits per heavy atom. The predicted octanol–water partition coefficient (Wildman–Crippen LogP) is 2.87. The molecule has 7 heteroatoms. The molecule has 1 fully saturated rings. The normalized spacial score (nSPS) is 19.8. The molecule has 1 N–H and O–H groups in total. The number of aromatic nitrogens is 2. The van der Waals surface area contributed by atoms with E-state index in [9.17, 15) is 4.79 Å². The van der Waals surface area contributed by atoms with Crippen LogP contribution in [0.15, 0.2) is 47.2 Å². The van der Waals surface area contributed by atoms with Crippen LogP contribution in [-0.4, -0.2) is 47.5 Å². The standard InChI is InChI=1S/C21H24N4O3/c1-21(8-10-25(2)14-21)13-23-20(26)16-11-28-18(24-16)12-27-17-7-3-5-15-6-4-9-22-19(15)17/h3-7,9,11H,8,10,12-14H2,1-2H3,(H,23,26). The first-order valence-corrected chi connectivity index (χ1v) is 9.40. The lowest BCUT2D eigenvalue weighted by Gasteiger charge is -2.23. The van der Waals surface area contributed by atoms with Gasteiger partial charge in [-0.05, 0) is 37.6 Å². The van der Waals surface area contributed by atoms with Crippen molar-refractivity contribution < 1.29 is 13.9 Å². The van der Waals surface area contributed by atoms with Crippen molar-refractivity contribution in [2.75, 3.05) is 26.7 Å². The number of nitrogens with one attached hydrogen (secondary N) is 1. The van der Waals surface area contributed by atoms with Gasteiger partial charge in [0.25, 0.3) is 5.91 Å². The van der Waals surface area contributed by atoms with Crippen LogP contribution in [-0.2, 0) is 6.61 Å². The van der Waals surface area contributed by atoms with Crippen LogP contribution in [0.3, 0.4) is 0 Å². The number of oxazole rings is 1. The summed E-state index contributed by atoms with van der Waals surface area (Å²) in [5.74, 6) is 0.781. The van der Waals surface area contributed by atoms with Gasteiger partial charge in [0.15, 0.2) is 12.3 Å². The van der Waals surface area contributed by atoms with E-state index in [-0.39, 0.29) is 23.6 Å². The number of fused-ring (bicyclic) bond motifs is 1. The van der Waals surface area contributed by atoms with Crippen LogP contribution >= 0.6 is 0 Å². The van der Waals surface area contributed by atoms with Gasteiger partial charge in [-0.2, -0.15) is 0 Å². The number of hydrogen-bond donors (Lipinski definition) is 1. The fraction of sp³-hybridized carbons (Fsp3) is 0.381. The maximum Gasteiger partial charge on any atom is 0.273 e. The number of carbonyl (C=O) groups is 1. The zero-order valence-corrected chi connectivity index (χ0v) is 16.1. The molecule has 0 spiro atoms. The van der Waals surface area contributed by atoms with E-state index in [2.05, 4.69) is 34.2 Å². The van der Waals surface area contributed by atoms with Crippen molar-refractivity contribution in [2.45, 2.75) is 20.0 Å². The average molecular weight is 380 g/mol. The largest absolute Gasteiger partial charge is 0.482 e. The highest BCUT2D eigenvalue weighted by molar-refractivity contribution is 5.91. The van der Waals surface area contributed by atoms with Crippen LogP contribution in [0.25, 0.3) is 10.9 Å². The third-order valence-corrected chi connectivity index (χ3v) is 5.16. The van der Waals surface area contributed by atoms with Gasteiger partial charge in [0.1, 0.15) is 17.5 Å². The lowest BCUT2D eigenvalue weighted by Crippen LogP contribution is -2.37. The molecule has 1 aliphatic heterocycles. The number of nitrogens with zero attached hydrogens (tertiary/aromatic N) is 3. The molecule has 1 amide bonds. The summed E-state index contributed by atoms with van der Waals surface area (Å²) in [5.41, 5.74) is 1.15. The van der Waals surface area contributed by atoms with E-state index in [4.69, 9.17) is 9.15 Å². The van der Waals surface area contributed by atoms with Crippen molar-refractivity contribution in [3.05, 3.63) is 54.4 Å². The molecule has 1 aromatic carbocycles. The molecule has 1 saturated heterocycles. The van der Waals surface area contributed by atoms with Crippen molar-refractivity contribution in [3.63, 3.8) is 0 Å². The third-order valence-electron chi connectivity index (χ3n) is 5.16. The number of hydrogen-bond acceptors (Lipinski definition) is 6. The second kappa shape index (κ2) is 7.59. The van der Waals surface area contributed by atoms with Crippen molar-refractivity contribution in [1.82, 2.24) is 20.2 Å². The zero-order valence-electron chi connectivity index (χ0n) is 16.1. The third kappa shape index (κ3) is 3.99. The Hall–Kier alpha value is -2.93. The first kappa shape index (κ1) is 18.4. The summed E-state index contributed by atoms with van der Waals surface area (Å²) < 4.78 is 11.2. The van der Waals surface area contributed by atoms with Crippen LogP contribution in [0.5, 0.6) is 5.75 Å². The van der Waals surface area contributed by atoms with E-state index in [0.717, 1.165) is 30.4 Å². The van der Waals surface area contributed by atoms with Gasteiger partial charge in [-0.3, -0.25) is 9.78 Å². The second-order valence-corrected chi connectivity index (χ2v) is 7.73. The minimum atomic E-state index is -0.224. The maximum absolute atomic E-state index is 12.4. The quantitative estimate of drug-likeness (QED) is 0.708. The van der Waals surface area contributed by atoms with Gasteiger partial charge >= 0.3 is 0 Å². The van der Waals surface area contributed by atoms with Gasteiger partial charge in [0.2, 0.25) is 5.89 Å². The Morgan fingerprint density at radius 3 is 3.04 bits per heavy atom. The number of amides is 1. The minimum absolute atomic E-state index is 0.0987. The van der Waals surface area contributed by atoms with Crippen LogP contribution in [0.1, 0.15) is 29.7 Å². The molecule has 0 saturated carbocycles. The van der Waals surface area contributed by atoms with Crippen molar-refractivity contribution in [1.29, 1.82) is 0 Å². The lowest BCUT2D eigenvalue weighted by molar-refractivity contribution is 0.0929. The molecule has 0 bridgehead atoms. The SMILES string of the molecule is CN1CCC(C)(CNC(=O)c2coc(COc3cccc4cccnc34)n2)C1. The lowest BCUT2D eigenvalue weighted by atomic mass is 9.90. The van der Waals surface area contributed by atoms with Crippen LogP contribution < -0.4 is 10.1 Å². The summed E-state index contributed by atoms with van der Waals surface area (Å²) in [4.78, 5) is 23.3. The van der Waals surface area contributed by atoms with Gasteiger partial charge in [-0.15, -0.1) is 0 Å². The number of ether oxygens (including phenoxy) is 1. The Bertz CT molecular complexity index is 981. The summed E-state index contributed by atoms with van der Waals surface area (Å²) in [6.45, 7) is 4.98. The monoisotopic (exact) mass is 380 g/mol. The summed E-state index contributed by atoms with van der Waals surface area (Å²) in [5, 5.41) is 3.97. The summed E-state index contributed by atoms with van der Waals surface area (Å²) >= 11 is 0. The number of carbonyl (C=O) groups excluding carboxylic acids is 1. The smallest absolute Gasteiger partial charge is 0.273 e. The van der Waals surface area contributed by atoms with E-state index in [1.54, 1.807) is 6.20 Å². The van der Waals surface area contributed by atoms with Gasteiger partial charge in [0, 0.05) is 24.7 Å². The molecule has 3 aromatic rings. The topological polar surface area (TPSA) is 80.5 Å². The minimum Gasteiger partial charge on any atom is -0.482 e. The number of benzene rings is 1. The van der Waals surface area contributed by atoms with Crippen molar-refractivity contribution >= 4 is 16.8 Å². The summed E-state index contributed by atoms with van der Waals surface area (Å²) in [6.07, 6.45) is 4.17. The van der Waals surface area contributed by atoms with Gasteiger partial charge < -0.3 is 19.4 Å². The predicted molar refractivity (Wildman–Crippen MR) is 105 cm³/mol. The molecule has 146 valence electrons. The Kier molecular flexibility index (Phi) is 5.00. The van der Waals surface area contributed by atoms with Crippen molar-refractivity contribution in [3.8, 4) is 5.75 Å². The zero-order chi connectivity index (χ0) is 19.6. The van der Waals surface area contributed by atoms with Gasteiger partial charge in [0.05, 0.1) is 0 Å². The van der Waals surface area contributed by atoms with E-state index in [1.807, 2.05) is 30.3 Å². The molecular weight excluding hydrogens is 356 g/mol. The van der Waals surface area contributed by atoms with E-state index in [0.29, 0.717) is 18.2 Å². The molecule has 3 heterocycles. The number of pyridine rings is 1. The highest BCUT2D eigenvalue weighted by atomic mass is 16.5. The first-order chi connectivity index (χ1) is 13.5. The van der Waals surface area contributed by atoms with E-state index >= 15 is 0 Å². The summed E-state index contributed by atoms with van der Waals surface area (Å²) in [7, 11) is 2.10. The fourth-order valence-electron chi connectivity index (χ4n) is 3.61. The fourth-order valence-corrected chi connectivity index (χ4v) is 3.61. The molecule has 0 aliphatic carbocycles. The molecule has 1 aliphatic rings. The van der Waals surface area contributed by atoms with Gasteiger partial charge in [-0.25, -0.2) is 4.98 Å². The van der Waals surface area contributed by atoms with Crippen LogP contribution in [0.4, 0.5) is 0 Å². The molecule has 7 nitrogen and oxygen atoms in total. The van der Waals surface area contributed by atoms with E-state index < -0.39 is 0 Å². The maximum atomic E-state index is 12.4. The van der Waals surface area contributed by atoms with Crippen LogP contribution in [0, 0.1) is 5.41 Å². The highest BCUT2D eigenvalue weighted by Crippen LogP contribution is 2.28. The number of rotatable bonds is 6. The summed E-state index contributed by atoms with van der Waals surface area (Å²) in [6, 6.07) is 9.60. The Morgan fingerprint density at radius 2 is 2.21 bits per heavy atom. The molecule has 28 heavy (non-hydrogen) atoms. The molecule has 1 atom stereocenters. The van der Waals surface area contributed by atoms with E-state index in [1.165, 1.54) is 6.26 Å². The molecule has 1 unspecified atom stereocenters. The number of likely N-dealkylation sites (tertiary alicyclic amines) is 1. The van der Waals surface area contributed by atoms with Gasteiger partial charge in [-0.1, -0.05) is 25.1 Å². The molecule has 2 aromatic heterocycles.